The van der Waals surface area contributed by atoms with Gasteiger partial charge in [0.15, 0.2) is 0 Å². The van der Waals surface area contributed by atoms with Crippen LogP contribution in [0.2, 0.25) is 0 Å². The van der Waals surface area contributed by atoms with E-state index in [1.165, 1.54) is 12.8 Å². The molecule has 5 heteroatoms. The third-order valence-electron chi connectivity index (χ3n) is 2.26. The van der Waals surface area contributed by atoms with Gasteiger partial charge in [0.25, 0.3) is 0 Å². The Labute approximate surface area is 80.2 Å². The van der Waals surface area contributed by atoms with E-state index < -0.39 is 7.82 Å². The van der Waals surface area contributed by atoms with Gasteiger partial charge in [-0.3, -0.25) is 0 Å². The Morgan fingerprint density at radius 3 is 1.23 bits per heavy atom. The molecular weight excluding hydrogens is 191 g/mol. The van der Waals surface area contributed by atoms with Gasteiger partial charge in [-0.05, 0) is 11.8 Å². The Balaban J connectivity index is 0. The van der Waals surface area contributed by atoms with Gasteiger partial charge in [-0.15, -0.1) is 0 Å². The Hall–Kier alpha value is 0.110. The van der Waals surface area contributed by atoms with Gasteiger partial charge in [-0.25, -0.2) is 4.57 Å². The highest BCUT2D eigenvalue weighted by Crippen LogP contribution is 2.25. The molecule has 2 unspecified atom stereocenters. The van der Waals surface area contributed by atoms with Gasteiger partial charge in [0.1, 0.15) is 0 Å². The highest BCUT2D eigenvalue weighted by molar-refractivity contribution is 7.45. The number of rotatable bonds is 3. The van der Waals surface area contributed by atoms with Crippen molar-refractivity contribution in [2.75, 3.05) is 0 Å². The predicted molar refractivity (Wildman–Crippen MR) is 53.2 cm³/mol. The summed E-state index contributed by atoms with van der Waals surface area (Å²) in [4.78, 5) is 21.6. The molecule has 0 radical (unpaired) electrons. The lowest BCUT2D eigenvalue weighted by Gasteiger charge is -2.14. The van der Waals surface area contributed by atoms with E-state index in [2.05, 4.69) is 27.7 Å². The van der Waals surface area contributed by atoms with Gasteiger partial charge in [-0.2, -0.15) is 0 Å². The van der Waals surface area contributed by atoms with Crippen LogP contribution in [0, 0.1) is 11.8 Å². The Morgan fingerprint density at radius 1 is 1.00 bits per heavy atom. The van der Waals surface area contributed by atoms with Crippen LogP contribution in [0.5, 0.6) is 0 Å². The summed E-state index contributed by atoms with van der Waals surface area (Å²) >= 11 is 0. The minimum absolute atomic E-state index is 0.917. The first-order chi connectivity index (χ1) is 5.72. The Kier molecular flexibility index (Phi) is 9.00. The van der Waals surface area contributed by atoms with Crippen molar-refractivity contribution in [1.82, 2.24) is 0 Å². The first kappa shape index (κ1) is 15.6. The predicted octanol–water partition coefficient (Wildman–Crippen LogP) is 2.15. The molecule has 0 aliphatic rings. The molecule has 0 aromatic carbocycles. The summed E-state index contributed by atoms with van der Waals surface area (Å²) in [6.07, 6.45) is 2.66. The molecule has 82 valence electrons. The topological polar surface area (TPSA) is 77.8 Å². The van der Waals surface area contributed by atoms with Crippen molar-refractivity contribution in [3.8, 4) is 0 Å². The largest absolute Gasteiger partial charge is 0.466 e. The highest BCUT2D eigenvalue weighted by atomic mass is 31.2. The monoisotopic (exact) mass is 212 g/mol. The zero-order valence-corrected chi connectivity index (χ0v) is 9.66. The van der Waals surface area contributed by atoms with Crippen molar-refractivity contribution in [3.05, 3.63) is 0 Å². The van der Waals surface area contributed by atoms with Gasteiger partial charge in [-0.1, -0.05) is 40.5 Å². The SMILES string of the molecule is CCC(C)C(C)CC.O=P(O)(O)O. The van der Waals surface area contributed by atoms with Gasteiger partial charge in [0.2, 0.25) is 0 Å². The quantitative estimate of drug-likeness (QED) is 0.626. The molecule has 0 aliphatic carbocycles. The minimum atomic E-state index is -4.64. The van der Waals surface area contributed by atoms with E-state index >= 15 is 0 Å². The van der Waals surface area contributed by atoms with Crippen LogP contribution in [0.25, 0.3) is 0 Å². The lowest BCUT2D eigenvalue weighted by molar-refractivity contribution is 0.275. The van der Waals surface area contributed by atoms with E-state index in [0.717, 1.165) is 11.8 Å². The molecule has 0 aromatic rings. The van der Waals surface area contributed by atoms with E-state index in [0.29, 0.717) is 0 Å². The number of hydrogen-bond acceptors (Lipinski definition) is 1. The summed E-state index contributed by atoms with van der Waals surface area (Å²) in [5.41, 5.74) is 0. The first-order valence-corrected chi connectivity index (χ1v) is 6.07. The van der Waals surface area contributed by atoms with E-state index in [4.69, 9.17) is 19.2 Å². The van der Waals surface area contributed by atoms with Crippen molar-refractivity contribution >= 4 is 7.82 Å². The second-order valence-corrected chi connectivity index (χ2v) is 4.31. The van der Waals surface area contributed by atoms with E-state index in [-0.39, 0.29) is 0 Å². The lowest BCUT2D eigenvalue weighted by atomic mass is 9.92. The van der Waals surface area contributed by atoms with Crippen molar-refractivity contribution in [1.29, 1.82) is 0 Å². The molecule has 2 atom stereocenters. The van der Waals surface area contributed by atoms with Crippen molar-refractivity contribution in [2.24, 2.45) is 11.8 Å². The summed E-state index contributed by atoms with van der Waals surface area (Å²) in [7, 11) is -4.64. The van der Waals surface area contributed by atoms with E-state index in [1.807, 2.05) is 0 Å². The molecule has 0 bridgehead atoms. The summed E-state index contributed by atoms with van der Waals surface area (Å²) in [6.45, 7) is 9.18. The van der Waals surface area contributed by atoms with Crippen molar-refractivity contribution < 1.29 is 19.2 Å². The molecule has 0 spiro atoms. The molecule has 0 amide bonds. The standard InChI is InChI=1S/C8H18.H3O4P/c1-5-7(3)8(4)6-2;1-5(2,3)4/h7-8H,5-6H2,1-4H3;(H3,1,2,3,4). The van der Waals surface area contributed by atoms with Gasteiger partial charge < -0.3 is 14.7 Å². The minimum Gasteiger partial charge on any atom is -0.303 e. The van der Waals surface area contributed by atoms with Crippen LogP contribution in [0.3, 0.4) is 0 Å². The van der Waals surface area contributed by atoms with Crippen LogP contribution < -0.4 is 0 Å². The third kappa shape index (κ3) is 18.8. The molecule has 0 heterocycles. The summed E-state index contributed by atoms with van der Waals surface area (Å²) in [5, 5.41) is 0. The van der Waals surface area contributed by atoms with E-state index in [1.54, 1.807) is 0 Å². The lowest BCUT2D eigenvalue weighted by Crippen LogP contribution is -2.04. The first-order valence-electron chi connectivity index (χ1n) is 4.50. The molecule has 0 rings (SSSR count). The molecule has 0 fully saturated rings. The number of hydrogen-bond donors (Lipinski definition) is 3. The van der Waals surface area contributed by atoms with Gasteiger partial charge >= 0.3 is 7.82 Å². The summed E-state index contributed by atoms with van der Waals surface area (Å²) in [6, 6.07) is 0. The second-order valence-electron chi connectivity index (χ2n) is 3.28. The molecule has 0 aliphatic heterocycles. The maximum absolute atomic E-state index is 8.88. The maximum atomic E-state index is 8.88. The molecule has 0 saturated heterocycles. The maximum Gasteiger partial charge on any atom is 0.466 e. The van der Waals surface area contributed by atoms with Crippen LogP contribution in [-0.2, 0) is 4.57 Å². The Bertz CT molecular complexity index is 138. The third-order valence-corrected chi connectivity index (χ3v) is 2.26. The highest BCUT2D eigenvalue weighted by Gasteiger charge is 2.05. The van der Waals surface area contributed by atoms with Crippen LogP contribution >= 0.6 is 7.82 Å². The fourth-order valence-corrected chi connectivity index (χ4v) is 0.805. The average Bonchev–Trinajstić information content (AvgIpc) is 1.98. The molecule has 4 nitrogen and oxygen atoms in total. The summed E-state index contributed by atoms with van der Waals surface area (Å²) in [5.74, 6) is 1.83. The zero-order valence-electron chi connectivity index (χ0n) is 8.77. The average molecular weight is 212 g/mol. The van der Waals surface area contributed by atoms with Crippen LogP contribution in [0.4, 0.5) is 0 Å². The van der Waals surface area contributed by atoms with Crippen LogP contribution in [-0.4, -0.2) is 14.7 Å². The normalized spacial score (nSPS) is 15.6. The van der Waals surface area contributed by atoms with Crippen molar-refractivity contribution in [2.45, 2.75) is 40.5 Å². The molecule has 13 heavy (non-hydrogen) atoms. The molecule has 3 N–H and O–H groups in total. The smallest absolute Gasteiger partial charge is 0.303 e. The molecule has 0 saturated carbocycles. The zero-order chi connectivity index (χ0) is 11.1. The fourth-order valence-electron chi connectivity index (χ4n) is 0.805. The van der Waals surface area contributed by atoms with Gasteiger partial charge in [0, 0.05) is 0 Å². The number of phosphoric acid groups is 1. The second kappa shape index (κ2) is 7.51. The van der Waals surface area contributed by atoms with Crippen LogP contribution in [0.15, 0.2) is 0 Å². The van der Waals surface area contributed by atoms with E-state index in [9.17, 15) is 0 Å². The summed E-state index contributed by atoms with van der Waals surface area (Å²) < 4.78 is 8.88. The van der Waals surface area contributed by atoms with Crippen LogP contribution in [0.1, 0.15) is 40.5 Å². The Morgan fingerprint density at radius 2 is 1.15 bits per heavy atom. The fraction of sp³-hybridized carbons (Fsp3) is 1.00. The van der Waals surface area contributed by atoms with Gasteiger partial charge in [0.05, 0.1) is 0 Å². The molecule has 0 aromatic heterocycles. The van der Waals surface area contributed by atoms with Crippen molar-refractivity contribution in [3.63, 3.8) is 0 Å². The molecular formula is C8H21O4P.